The lowest BCUT2D eigenvalue weighted by molar-refractivity contribution is 0.296. The van der Waals surface area contributed by atoms with Gasteiger partial charge in [0.1, 0.15) is 11.6 Å². The Morgan fingerprint density at radius 2 is 1.39 bits per heavy atom. The van der Waals surface area contributed by atoms with Crippen molar-refractivity contribution in [3.05, 3.63) is 95.1 Å². The first-order valence-corrected chi connectivity index (χ1v) is 10.9. The first-order valence-electron chi connectivity index (χ1n) is 10.9. The Hall–Kier alpha value is -2.62. The second kappa shape index (κ2) is 9.25. The standard InChI is InChI=1S/C27H26F4/c1-17(19-5-3-2-4-6-19)13-18-7-9-20(10-8-18)22-15-25(30)27(26(31)16-22)21-11-12-23(28)24(29)14-21/h2-6,11-12,14-18,20H,7-10,13H2,1H3/t17-,18?,20?/m0/s1. The molecule has 3 aromatic carbocycles. The zero-order valence-electron chi connectivity index (χ0n) is 17.6. The Morgan fingerprint density at radius 1 is 0.742 bits per heavy atom. The molecule has 1 atom stereocenters. The maximum atomic E-state index is 14.8. The molecule has 3 aromatic rings. The van der Waals surface area contributed by atoms with Crippen LogP contribution in [-0.2, 0) is 0 Å². The second-order valence-electron chi connectivity index (χ2n) is 8.75. The molecule has 31 heavy (non-hydrogen) atoms. The summed E-state index contributed by atoms with van der Waals surface area (Å²) in [7, 11) is 0. The second-order valence-corrected chi connectivity index (χ2v) is 8.75. The molecule has 1 aliphatic carbocycles. The summed E-state index contributed by atoms with van der Waals surface area (Å²) in [6.45, 7) is 2.25. The quantitative estimate of drug-likeness (QED) is 0.359. The summed E-state index contributed by atoms with van der Waals surface area (Å²) < 4.78 is 56.2. The lowest BCUT2D eigenvalue weighted by Crippen LogP contribution is -2.15. The molecular formula is C27H26F4. The van der Waals surface area contributed by atoms with Crippen molar-refractivity contribution < 1.29 is 17.6 Å². The molecule has 0 amide bonds. The Bertz CT molecular complexity index is 1010. The smallest absolute Gasteiger partial charge is 0.159 e. The molecular weight excluding hydrogens is 400 g/mol. The van der Waals surface area contributed by atoms with Crippen molar-refractivity contribution in [1.82, 2.24) is 0 Å². The molecule has 0 radical (unpaired) electrons. The summed E-state index contributed by atoms with van der Waals surface area (Å²) in [5, 5.41) is 0. The lowest BCUT2D eigenvalue weighted by atomic mass is 9.75. The third-order valence-corrected chi connectivity index (χ3v) is 6.65. The van der Waals surface area contributed by atoms with Crippen LogP contribution in [0, 0.1) is 29.2 Å². The first kappa shape index (κ1) is 21.6. The normalized spacial score (nSPS) is 19.9. The monoisotopic (exact) mass is 426 g/mol. The molecule has 4 heteroatoms. The molecule has 0 nitrogen and oxygen atoms in total. The van der Waals surface area contributed by atoms with Gasteiger partial charge in [0.15, 0.2) is 11.6 Å². The van der Waals surface area contributed by atoms with Gasteiger partial charge < -0.3 is 0 Å². The fraction of sp³-hybridized carbons (Fsp3) is 0.333. The van der Waals surface area contributed by atoms with Crippen LogP contribution in [0.25, 0.3) is 11.1 Å². The number of hydrogen-bond donors (Lipinski definition) is 0. The third kappa shape index (κ3) is 4.84. The van der Waals surface area contributed by atoms with Crippen LogP contribution < -0.4 is 0 Å². The topological polar surface area (TPSA) is 0 Å². The predicted molar refractivity (Wildman–Crippen MR) is 116 cm³/mol. The molecule has 0 heterocycles. The van der Waals surface area contributed by atoms with Gasteiger partial charge in [0, 0.05) is 0 Å². The van der Waals surface area contributed by atoms with E-state index in [1.165, 1.54) is 23.8 Å². The van der Waals surface area contributed by atoms with Gasteiger partial charge in [0.25, 0.3) is 0 Å². The first-order chi connectivity index (χ1) is 14.9. The van der Waals surface area contributed by atoms with E-state index in [-0.39, 0.29) is 17.0 Å². The van der Waals surface area contributed by atoms with Gasteiger partial charge in [-0.3, -0.25) is 0 Å². The van der Waals surface area contributed by atoms with Crippen molar-refractivity contribution in [2.24, 2.45) is 5.92 Å². The van der Waals surface area contributed by atoms with Crippen LogP contribution in [0.1, 0.15) is 62.0 Å². The summed E-state index contributed by atoms with van der Waals surface area (Å²) in [4.78, 5) is 0. The van der Waals surface area contributed by atoms with E-state index in [4.69, 9.17) is 0 Å². The van der Waals surface area contributed by atoms with E-state index in [1.54, 1.807) is 0 Å². The zero-order chi connectivity index (χ0) is 22.0. The molecule has 0 aromatic heterocycles. The summed E-state index contributed by atoms with van der Waals surface area (Å²) in [5.41, 5.74) is 1.68. The number of halogens is 4. The van der Waals surface area contributed by atoms with Crippen molar-refractivity contribution in [2.45, 2.75) is 50.9 Å². The Labute approximate surface area is 180 Å². The van der Waals surface area contributed by atoms with E-state index in [2.05, 4.69) is 31.2 Å². The number of hydrogen-bond acceptors (Lipinski definition) is 0. The van der Waals surface area contributed by atoms with Gasteiger partial charge >= 0.3 is 0 Å². The lowest BCUT2D eigenvalue weighted by Gasteiger charge is -2.30. The average Bonchev–Trinajstić information content (AvgIpc) is 2.77. The third-order valence-electron chi connectivity index (χ3n) is 6.65. The molecule has 1 aliphatic rings. The van der Waals surface area contributed by atoms with Crippen LogP contribution in [0.3, 0.4) is 0 Å². The van der Waals surface area contributed by atoms with Gasteiger partial charge in [0.05, 0.1) is 5.56 Å². The van der Waals surface area contributed by atoms with Gasteiger partial charge in [0.2, 0.25) is 0 Å². The fourth-order valence-corrected chi connectivity index (χ4v) is 4.90. The van der Waals surface area contributed by atoms with E-state index in [0.29, 0.717) is 17.4 Å². The molecule has 1 fully saturated rings. The molecule has 0 aliphatic heterocycles. The molecule has 0 N–H and O–H groups in total. The van der Waals surface area contributed by atoms with E-state index < -0.39 is 23.3 Å². The predicted octanol–water partition coefficient (Wildman–Crippen LogP) is 8.38. The summed E-state index contributed by atoms with van der Waals surface area (Å²) >= 11 is 0. The van der Waals surface area contributed by atoms with Crippen molar-refractivity contribution >= 4 is 0 Å². The molecule has 162 valence electrons. The van der Waals surface area contributed by atoms with E-state index >= 15 is 0 Å². The van der Waals surface area contributed by atoms with E-state index in [9.17, 15) is 17.6 Å². The van der Waals surface area contributed by atoms with E-state index in [1.807, 2.05) is 6.07 Å². The molecule has 1 saturated carbocycles. The molecule has 4 rings (SSSR count). The number of rotatable bonds is 5. The Balaban J connectivity index is 1.43. The minimum atomic E-state index is -1.12. The summed E-state index contributed by atoms with van der Waals surface area (Å²) in [5.74, 6) is -2.41. The van der Waals surface area contributed by atoms with Crippen LogP contribution >= 0.6 is 0 Å². The SMILES string of the molecule is C[C@@H](CC1CCC(c2cc(F)c(-c3ccc(F)c(F)c3)c(F)c2)CC1)c1ccccc1. The van der Waals surface area contributed by atoms with Crippen molar-refractivity contribution in [2.75, 3.05) is 0 Å². The Morgan fingerprint density at radius 3 is 2.00 bits per heavy atom. The van der Waals surface area contributed by atoms with Crippen molar-refractivity contribution in [3.8, 4) is 11.1 Å². The largest absolute Gasteiger partial charge is 0.206 e. The van der Waals surface area contributed by atoms with Gasteiger partial charge in [-0.05, 0) is 90.8 Å². The van der Waals surface area contributed by atoms with Gasteiger partial charge in [-0.2, -0.15) is 0 Å². The van der Waals surface area contributed by atoms with Crippen LogP contribution in [0.5, 0.6) is 0 Å². The molecule has 0 spiro atoms. The highest BCUT2D eigenvalue weighted by Crippen LogP contribution is 2.41. The van der Waals surface area contributed by atoms with Crippen LogP contribution in [0.2, 0.25) is 0 Å². The maximum Gasteiger partial charge on any atom is 0.159 e. The zero-order valence-corrected chi connectivity index (χ0v) is 17.6. The van der Waals surface area contributed by atoms with E-state index in [0.717, 1.165) is 44.2 Å². The highest BCUT2D eigenvalue weighted by Gasteiger charge is 2.26. The van der Waals surface area contributed by atoms with Crippen LogP contribution in [0.4, 0.5) is 17.6 Å². The van der Waals surface area contributed by atoms with Crippen molar-refractivity contribution in [3.63, 3.8) is 0 Å². The molecule has 0 saturated heterocycles. The van der Waals surface area contributed by atoms with Crippen molar-refractivity contribution in [1.29, 1.82) is 0 Å². The van der Waals surface area contributed by atoms with Gasteiger partial charge in [-0.1, -0.05) is 43.3 Å². The van der Waals surface area contributed by atoms with Gasteiger partial charge in [-0.25, -0.2) is 17.6 Å². The summed E-state index contributed by atoms with van der Waals surface area (Å²) in [6, 6.07) is 16.1. The summed E-state index contributed by atoms with van der Waals surface area (Å²) in [6.07, 6.45) is 4.99. The molecule has 0 bridgehead atoms. The highest BCUT2D eigenvalue weighted by molar-refractivity contribution is 5.65. The van der Waals surface area contributed by atoms with Crippen LogP contribution in [0.15, 0.2) is 60.7 Å². The molecule has 0 unspecified atom stereocenters. The number of benzene rings is 3. The Kier molecular flexibility index (Phi) is 6.45. The van der Waals surface area contributed by atoms with Gasteiger partial charge in [-0.15, -0.1) is 0 Å². The highest BCUT2D eigenvalue weighted by atomic mass is 19.2. The minimum absolute atomic E-state index is 0.000872. The fourth-order valence-electron chi connectivity index (χ4n) is 4.90. The minimum Gasteiger partial charge on any atom is -0.206 e. The average molecular weight is 426 g/mol. The maximum absolute atomic E-state index is 14.8. The van der Waals surface area contributed by atoms with Crippen LogP contribution in [-0.4, -0.2) is 0 Å².